The summed E-state index contributed by atoms with van der Waals surface area (Å²) in [5, 5.41) is 0. The van der Waals surface area contributed by atoms with Crippen LogP contribution in [0.1, 0.15) is 101 Å². The Hall–Kier alpha value is -2.90. The van der Waals surface area contributed by atoms with Crippen LogP contribution in [0.4, 0.5) is 0 Å². The first-order valence-electron chi connectivity index (χ1n) is 19.0. The zero-order chi connectivity index (χ0) is 32.1. The Labute approximate surface area is 281 Å². The normalized spacial score (nSPS) is 18.2. The molecule has 254 valence electrons. The highest BCUT2D eigenvalue weighted by molar-refractivity contribution is 5.52. The summed E-state index contributed by atoms with van der Waals surface area (Å²) in [6.45, 7) is 27.1. The Morgan fingerprint density at radius 3 is 0.870 bits per heavy atom. The minimum Gasteiger partial charge on any atom is -0.264 e. The fourth-order valence-electron chi connectivity index (χ4n) is 7.27. The van der Waals surface area contributed by atoms with Crippen molar-refractivity contribution in [3.05, 3.63) is 34.4 Å². The molecule has 5 rings (SSSR count). The highest BCUT2D eigenvalue weighted by Gasteiger charge is 2.27. The Morgan fingerprint density at radius 1 is 0.413 bits per heavy atom. The molecule has 0 saturated heterocycles. The fraction of sp³-hybridized carbons (Fsp3) is 0.737. The lowest BCUT2D eigenvalue weighted by molar-refractivity contribution is -0.538. The molecule has 0 N–H and O–H groups in total. The molecule has 4 aliphatic heterocycles. The van der Waals surface area contributed by atoms with Gasteiger partial charge in [0.05, 0.1) is 26.2 Å². The molecule has 8 heteroatoms. The molecule has 0 aromatic heterocycles. The SMILES string of the molecule is CCCCN1C=[N+](Cc2cc(C[N+]3=CN(CCCC)CC3)c(C[N+]3=CN(CCCC)CC3)cc2C[N+]2=CN(CCCC)CC2)CC1. The number of unbranched alkanes of at least 4 members (excludes halogenated alkanes) is 4. The average molecular weight is 635 g/mol. The number of nitrogens with zero attached hydrogens (tertiary/aromatic N) is 8. The lowest BCUT2D eigenvalue weighted by Gasteiger charge is -2.16. The molecule has 0 atom stereocenters. The van der Waals surface area contributed by atoms with Crippen molar-refractivity contribution in [1.82, 2.24) is 19.6 Å². The number of hydrogen-bond acceptors (Lipinski definition) is 4. The van der Waals surface area contributed by atoms with E-state index in [1.807, 2.05) is 0 Å². The van der Waals surface area contributed by atoms with E-state index in [0.717, 1.165) is 78.5 Å². The van der Waals surface area contributed by atoms with Gasteiger partial charge in [0, 0.05) is 22.3 Å². The van der Waals surface area contributed by atoms with Gasteiger partial charge >= 0.3 is 0 Å². The number of hydrogen-bond donors (Lipinski definition) is 0. The summed E-state index contributed by atoms with van der Waals surface area (Å²) in [5.74, 6) is 0. The summed E-state index contributed by atoms with van der Waals surface area (Å²) in [5.41, 5.74) is 6.07. The maximum absolute atomic E-state index is 2.62. The highest BCUT2D eigenvalue weighted by atomic mass is 15.3. The Bertz CT molecular complexity index is 1060. The fourth-order valence-corrected chi connectivity index (χ4v) is 7.27. The molecule has 1 aromatic rings. The molecule has 0 radical (unpaired) electrons. The molecular weight excluding hydrogens is 568 g/mol. The molecule has 0 amide bonds. The molecule has 1 aromatic carbocycles. The van der Waals surface area contributed by atoms with Crippen LogP contribution in [0.25, 0.3) is 0 Å². The minimum atomic E-state index is 1.01. The van der Waals surface area contributed by atoms with Gasteiger partial charge in [0.15, 0.2) is 0 Å². The van der Waals surface area contributed by atoms with Crippen molar-refractivity contribution in [3.8, 4) is 0 Å². The van der Waals surface area contributed by atoms with Gasteiger partial charge < -0.3 is 0 Å². The van der Waals surface area contributed by atoms with Crippen LogP contribution in [0.5, 0.6) is 0 Å². The van der Waals surface area contributed by atoms with Gasteiger partial charge in [-0.05, 0) is 37.8 Å². The first-order chi connectivity index (χ1) is 22.6. The van der Waals surface area contributed by atoms with Gasteiger partial charge in [0.25, 0.3) is 0 Å². The standard InChI is InChI=1S/C38H66N8/c1-5-9-13-39-17-21-43(31-39)27-35-25-37(29-45-23-19-41(33-45)15-11-7-3)38(30-46-24-20-42(34-46)16-12-8-4)26-36(35)28-44-22-18-40(32-44)14-10-6-2/h25-26,31-34H,5-24,27-30H2,1-4H3/q+4. The first kappa shape index (κ1) is 34.4. The summed E-state index contributed by atoms with van der Waals surface area (Å²) in [6, 6.07) is 5.23. The smallest absolute Gasteiger partial charge is 0.234 e. The van der Waals surface area contributed by atoms with E-state index >= 15 is 0 Å². The van der Waals surface area contributed by atoms with Crippen molar-refractivity contribution < 1.29 is 18.3 Å². The summed E-state index contributed by atoms with van der Waals surface area (Å²) < 4.78 is 10.3. The molecule has 4 heterocycles. The van der Waals surface area contributed by atoms with E-state index in [0.29, 0.717) is 0 Å². The molecular formula is C38H66N8+4. The third kappa shape index (κ3) is 10.0. The van der Waals surface area contributed by atoms with Crippen molar-refractivity contribution in [2.45, 2.75) is 105 Å². The molecule has 8 nitrogen and oxygen atoms in total. The molecule has 4 aliphatic rings. The zero-order valence-electron chi connectivity index (χ0n) is 30.0. The Kier molecular flexibility index (Phi) is 13.4. The van der Waals surface area contributed by atoms with Gasteiger partial charge in [-0.2, -0.15) is 0 Å². The van der Waals surface area contributed by atoms with E-state index in [1.54, 1.807) is 0 Å². The lowest BCUT2D eigenvalue weighted by Crippen LogP contribution is -2.21. The monoisotopic (exact) mass is 635 g/mol. The van der Waals surface area contributed by atoms with E-state index in [2.05, 4.69) is 103 Å². The quantitative estimate of drug-likeness (QED) is 0.200. The number of rotatable bonds is 20. The van der Waals surface area contributed by atoms with Crippen LogP contribution in [-0.2, 0) is 26.2 Å². The van der Waals surface area contributed by atoms with Gasteiger partial charge in [-0.3, -0.25) is 37.9 Å². The van der Waals surface area contributed by atoms with Crippen molar-refractivity contribution in [2.75, 3.05) is 78.5 Å². The van der Waals surface area contributed by atoms with Gasteiger partial charge in [0.1, 0.15) is 78.5 Å². The molecule has 0 saturated carbocycles. The van der Waals surface area contributed by atoms with E-state index in [9.17, 15) is 0 Å². The second kappa shape index (κ2) is 17.9. The zero-order valence-corrected chi connectivity index (χ0v) is 30.0. The average Bonchev–Trinajstić information content (AvgIpc) is 3.88. The van der Waals surface area contributed by atoms with E-state index in [1.165, 1.54) is 99.8 Å². The Balaban J connectivity index is 1.45. The van der Waals surface area contributed by atoms with Crippen LogP contribution in [0.15, 0.2) is 12.1 Å². The molecule has 0 aliphatic carbocycles. The van der Waals surface area contributed by atoms with Crippen molar-refractivity contribution in [1.29, 1.82) is 0 Å². The third-order valence-electron chi connectivity index (χ3n) is 10.2. The van der Waals surface area contributed by atoms with Gasteiger partial charge in [-0.25, -0.2) is 0 Å². The van der Waals surface area contributed by atoms with E-state index < -0.39 is 0 Å². The minimum absolute atomic E-state index is 1.01. The second-order valence-electron chi connectivity index (χ2n) is 14.3. The van der Waals surface area contributed by atoms with Crippen molar-refractivity contribution in [3.63, 3.8) is 0 Å². The topological polar surface area (TPSA) is 25.0 Å². The van der Waals surface area contributed by atoms with Gasteiger partial charge in [-0.1, -0.05) is 53.4 Å². The summed E-state index contributed by atoms with van der Waals surface area (Å²) in [6.07, 6.45) is 19.8. The maximum Gasteiger partial charge on any atom is 0.234 e. The summed E-state index contributed by atoms with van der Waals surface area (Å²) >= 11 is 0. The lowest BCUT2D eigenvalue weighted by atomic mass is 9.97. The number of benzene rings is 1. The van der Waals surface area contributed by atoms with Crippen LogP contribution < -0.4 is 0 Å². The first-order valence-corrected chi connectivity index (χ1v) is 19.0. The van der Waals surface area contributed by atoms with Gasteiger partial charge in [-0.15, -0.1) is 0 Å². The molecule has 0 bridgehead atoms. The van der Waals surface area contributed by atoms with Crippen LogP contribution >= 0.6 is 0 Å². The molecule has 0 fully saturated rings. The molecule has 0 spiro atoms. The highest BCUT2D eigenvalue weighted by Crippen LogP contribution is 2.23. The summed E-state index contributed by atoms with van der Waals surface area (Å²) in [4.78, 5) is 10.2. The second-order valence-corrected chi connectivity index (χ2v) is 14.3. The van der Waals surface area contributed by atoms with Crippen LogP contribution in [0, 0.1) is 0 Å². The Morgan fingerprint density at radius 2 is 0.652 bits per heavy atom. The van der Waals surface area contributed by atoms with Crippen molar-refractivity contribution in [2.24, 2.45) is 0 Å². The molecule has 46 heavy (non-hydrogen) atoms. The molecule has 0 unspecified atom stereocenters. The predicted molar refractivity (Wildman–Crippen MR) is 192 cm³/mol. The van der Waals surface area contributed by atoms with Crippen molar-refractivity contribution >= 4 is 25.4 Å². The van der Waals surface area contributed by atoms with E-state index in [-0.39, 0.29) is 0 Å². The van der Waals surface area contributed by atoms with Crippen LogP contribution in [0.2, 0.25) is 0 Å². The predicted octanol–water partition coefficient (Wildman–Crippen LogP) is 4.31. The van der Waals surface area contributed by atoms with Crippen LogP contribution in [0.3, 0.4) is 0 Å². The summed E-state index contributed by atoms with van der Waals surface area (Å²) in [7, 11) is 0. The maximum atomic E-state index is 2.62. The third-order valence-corrected chi connectivity index (χ3v) is 10.2. The van der Waals surface area contributed by atoms with Crippen LogP contribution in [-0.4, -0.2) is 142 Å². The largest absolute Gasteiger partial charge is 0.264 e. The van der Waals surface area contributed by atoms with Gasteiger partial charge in [0.2, 0.25) is 25.4 Å². The van der Waals surface area contributed by atoms with E-state index in [4.69, 9.17) is 0 Å².